The number of amides is 1. The number of nitrogen functional groups attached to an aromatic ring is 1. The Bertz CT molecular complexity index is 1250. The number of esters is 1. The predicted octanol–water partition coefficient (Wildman–Crippen LogP) is 2.26. The van der Waals surface area contributed by atoms with E-state index in [0.29, 0.717) is 0 Å². The Balaban J connectivity index is 1.74. The number of carbonyl (C=O) groups excluding carboxylic acids is 2. The van der Waals surface area contributed by atoms with Crippen LogP contribution >= 0.6 is 0 Å². The minimum Gasteiger partial charge on any atom is -0.456 e. The Kier molecular flexibility index (Phi) is 8.02. The quantitative estimate of drug-likeness (QED) is 0.468. The van der Waals surface area contributed by atoms with Crippen LogP contribution in [0.5, 0.6) is 0 Å². The largest absolute Gasteiger partial charge is 0.456 e. The van der Waals surface area contributed by atoms with Gasteiger partial charge in [0.1, 0.15) is 5.82 Å². The Hall–Kier alpha value is -4.14. The lowest BCUT2D eigenvalue weighted by molar-refractivity contribution is -0.148. The number of benzene rings is 2. The van der Waals surface area contributed by atoms with Gasteiger partial charge in [0.25, 0.3) is 11.5 Å². The zero-order valence-electron chi connectivity index (χ0n) is 19.2. The molecule has 0 aliphatic carbocycles. The predicted molar refractivity (Wildman–Crippen MR) is 130 cm³/mol. The van der Waals surface area contributed by atoms with Gasteiger partial charge in [-0.2, -0.15) is 0 Å². The molecule has 0 fully saturated rings. The molecule has 0 spiro atoms. The van der Waals surface area contributed by atoms with Gasteiger partial charge in [-0.1, -0.05) is 67.6 Å². The number of nitrogens with two attached hydrogens (primary N) is 1. The molecule has 9 heteroatoms. The summed E-state index contributed by atoms with van der Waals surface area (Å²) in [5.74, 6) is -1.37. The number of rotatable bonds is 9. The number of hydrogen-bond acceptors (Lipinski definition) is 6. The molecule has 0 aliphatic rings. The number of anilines is 2. The van der Waals surface area contributed by atoms with Gasteiger partial charge < -0.3 is 15.4 Å². The molecule has 34 heavy (non-hydrogen) atoms. The van der Waals surface area contributed by atoms with Crippen molar-refractivity contribution in [2.45, 2.75) is 32.7 Å². The Labute approximate surface area is 196 Å². The van der Waals surface area contributed by atoms with Crippen LogP contribution < -0.4 is 21.9 Å². The minimum atomic E-state index is -0.786. The minimum absolute atomic E-state index is 0.0777. The molecule has 0 saturated carbocycles. The molecule has 2 aromatic carbocycles. The lowest BCUT2D eigenvalue weighted by Gasteiger charge is -2.23. The van der Waals surface area contributed by atoms with Gasteiger partial charge in [0, 0.05) is 6.54 Å². The Morgan fingerprint density at radius 2 is 1.68 bits per heavy atom. The highest BCUT2D eigenvalue weighted by atomic mass is 16.5. The first-order valence-electron chi connectivity index (χ1n) is 11.0. The molecule has 0 bridgehead atoms. The summed E-state index contributed by atoms with van der Waals surface area (Å²) in [6.07, 6.45) is 0.105. The summed E-state index contributed by atoms with van der Waals surface area (Å²) in [6.45, 7) is 3.21. The standard InChI is InChI=1S/C25H28N4O5/c1-3-28(20(30)16-34-21(31)14-17(2)19-12-8-5-9-13-19)22-23(26)29(25(33)27-24(22)32)15-18-10-6-4-7-11-18/h4-13,17H,3,14-16,26H2,1-2H3,(H,27,32,33)/t17-/m0/s1. The third-order valence-corrected chi connectivity index (χ3v) is 5.48. The maximum atomic E-state index is 12.8. The van der Waals surface area contributed by atoms with Crippen LogP contribution in [0.15, 0.2) is 70.3 Å². The van der Waals surface area contributed by atoms with Crippen LogP contribution in [0.3, 0.4) is 0 Å². The van der Waals surface area contributed by atoms with Crippen LogP contribution in [0.2, 0.25) is 0 Å². The molecular weight excluding hydrogens is 436 g/mol. The highest BCUT2D eigenvalue weighted by Gasteiger charge is 2.24. The van der Waals surface area contributed by atoms with Crippen molar-refractivity contribution >= 4 is 23.4 Å². The Morgan fingerprint density at radius 3 is 2.29 bits per heavy atom. The van der Waals surface area contributed by atoms with E-state index in [1.807, 2.05) is 67.6 Å². The average molecular weight is 465 g/mol. The fourth-order valence-corrected chi connectivity index (χ4v) is 3.65. The van der Waals surface area contributed by atoms with Gasteiger partial charge >= 0.3 is 11.7 Å². The summed E-state index contributed by atoms with van der Waals surface area (Å²) >= 11 is 0. The summed E-state index contributed by atoms with van der Waals surface area (Å²) < 4.78 is 6.37. The molecule has 178 valence electrons. The van der Waals surface area contributed by atoms with Crippen molar-refractivity contribution in [1.29, 1.82) is 0 Å². The highest BCUT2D eigenvalue weighted by molar-refractivity contribution is 5.97. The number of nitrogens with zero attached hydrogens (tertiary/aromatic N) is 2. The zero-order chi connectivity index (χ0) is 24.7. The third kappa shape index (κ3) is 5.80. The molecule has 1 atom stereocenters. The number of nitrogens with one attached hydrogen (secondary N) is 1. The maximum absolute atomic E-state index is 12.8. The summed E-state index contributed by atoms with van der Waals surface area (Å²) in [7, 11) is 0. The summed E-state index contributed by atoms with van der Waals surface area (Å²) in [5.41, 5.74) is 6.34. The second-order valence-corrected chi connectivity index (χ2v) is 7.88. The van der Waals surface area contributed by atoms with Crippen LogP contribution in [0.4, 0.5) is 11.5 Å². The van der Waals surface area contributed by atoms with Crippen molar-refractivity contribution in [3.63, 3.8) is 0 Å². The number of carbonyl (C=O) groups is 2. The van der Waals surface area contributed by atoms with Crippen LogP contribution in [0.1, 0.15) is 37.3 Å². The van der Waals surface area contributed by atoms with Crippen LogP contribution in [0.25, 0.3) is 0 Å². The first-order chi connectivity index (χ1) is 16.3. The van der Waals surface area contributed by atoms with Gasteiger partial charge in [-0.3, -0.25) is 23.9 Å². The average Bonchev–Trinajstić information content (AvgIpc) is 2.84. The van der Waals surface area contributed by atoms with Gasteiger partial charge in [0.15, 0.2) is 12.3 Å². The van der Waals surface area contributed by atoms with Crippen LogP contribution in [0, 0.1) is 0 Å². The SMILES string of the molecule is CCN(C(=O)COC(=O)C[C@H](C)c1ccccc1)c1c(N)n(Cc2ccccc2)c(=O)[nH]c1=O. The molecule has 1 aromatic heterocycles. The maximum Gasteiger partial charge on any atom is 0.330 e. The van der Waals surface area contributed by atoms with E-state index in [9.17, 15) is 19.2 Å². The van der Waals surface area contributed by atoms with Crippen molar-refractivity contribution in [2.75, 3.05) is 23.8 Å². The summed E-state index contributed by atoms with van der Waals surface area (Å²) in [5, 5.41) is 0. The van der Waals surface area contributed by atoms with Crippen molar-refractivity contribution in [3.05, 3.63) is 92.6 Å². The second kappa shape index (κ2) is 11.1. The van der Waals surface area contributed by atoms with E-state index >= 15 is 0 Å². The molecule has 3 N–H and O–H groups in total. The fourth-order valence-electron chi connectivity index (χ4n) is 3.65. The normalized spacial score (nSPS) is 11.6. The molecule has 0 radical (unpaired) electrons. The van der Waals surface area contributed by atoms with E-state index in [0.717, 1.165) is 16.0 Å². The van der Waals surface area contributed by atoms with Crippen molar-refractivity contribution < 1.29 is 14.3 Å². The smallest absolute Gasteiger partial charge is 0.330 e. The monoisotopic (exact) mass is 464 g/mol. The van der Waals surface area contributed by atoms with E-state index in [2.05, 4.69) is 4.98 Å². The van der Waals surface area contributed by atoms with Gasteiger partial charge in [-0.25, -0.2) is 4.79 Å². The molecule has 3 rings (SSSR count). The third-order valence-electron chi connectivity index (χ3n) is 5.48. The molecule has 0 saturated heterocycles. The van der Waals surface area contributed by atoms with E-state index < -0.39 is 29.7 Å². The Morgan fingerprint density at radius 1 is 1.06 bits per heavy atom. The lowest BCUT2D eigenvalue weighted by Crippen LogP contribution is -2.42. The first kappa shape index (κ1) is 24.5. The molecular formula is C25H28N4O5. The van der Waals surface area contributed by atoms with E-state index in [1.54, 1.807) is 6.92 Å². The van der Waals surface area contributed by atoms with E-state index in [4.69, 9.17) is 10.5 Å². The fraction of sp³-hybridized carbons (Fsp3) is 0.280. The van der Waals surface area contributed by atoms with E-state index in [1.165, 1.54) is 4.57 Å². The topological polar surface area (TPSA) is 127 Å². The number of aromatic amines is 1. The number of H-pyrrole nitrogens is 1. The van der Waals surface area contributed by atoms with Gasteiger partial charge in [-0.05, 0) is 24.0 Å². The summed E-state index contributed by atoms with van der Waals surface area (Å²) in [6, 6.07) is 18.6. The molecule has 3 aromatic rings. The van der Waals surface area contributed by atoms with Crippen LogP contribution in [-0.4, -0.2) is 34.6 Å². The highest BCUT2D eigenvalue weighted by Crippen LogP contribution is 2.20. The first-order valence-corrected chi connectivity index (χ1v) is 11.0. The molecule has 1 amide bonds. The number of likely N-dealkylation sites (N-methyl/N-ethyl adjacent to an activating group) is 1. The van der Waals surface area contributed by atoms with Crippen molar-refractivity contribution in [1.82, 2.24) is 9.55 Å². The van der Waals surface area contributed by atoms with E-state index in [-0.39, 0.29) is 36.9 Å². The van der Waals surface area contributed by atoms with Gasteiger partial charge in [0.05, 0.1) is 13.0 Å². The molecule has 1 heterocycles. The number of hydrogen-bond donors (Lipinski definition) is 2. The van der Waals surface area contributed by atoms with Crippen molar-refractivity contribution in [3.8, 4) is 0 Å². The van der Waals surface area contributed by atoms with Crippen molar-refractivity contribution in [2.24, 2.45) is 0 Å². The summed E-state index contributed by atoms with van der Waals surface area (Å²) in [4.78, 5) is 53.4. The second-order valence-electron chi connectivity index (χ2n) is 7.88. The van der Waals surface area contributed by atoms with Crippen LogP contribution in [-0.2, 0) is 20.9 Å². The lowest BCUT2D eigenvalue weighted by atomic mass is 9.98. The zero-order valence-corrected chi connectivity index (χ0v) is 19.2. The molecule has 0 aliphatic heterocycles. The van der Waals surface area contributed by atoms with Gasteiger partial charge in [0.2, 0.25) is 0 Å². The molecule has 9 nitrogen and oxygen atoms in total. The number of ether oxygens (including phenoxy) is 1. The van der Waals surface area contributed by atoms with Gasteiger partial charge in [-0.15, -0.1) is 0 Å². The molecule has 0 unspecified atom stereocenters. The number of aromatic nitrogens is 2.